The lowest BCUT2D eigenvalue weighted by Gasteiger charge is -2.18. The van der Waals surface area contributed by atoms with E-state index in [2.05, 4.69) is 154 Å². The van der Waals surface area contributed by atoms with Crippen LogP contribution in [-0.4, -0.2) is 37.2 Å². The van der Waals surface area contributed by atoms with E-state index in [0.29, 0.717) is 19.3 Å². The van der Waals surface area contributed by atoms with Crippen molar-refractivity contribution in [2.24, 2.45) is 0 Å². The van der Waals surface area contributed by atoms with Gasteiger partial charge in [0.15, 0.2) is 6.10 Å². The van der Waals surface area contributed by atoms with Crippen LogP contribution in [0.1, 0.15) is 303 Å². The van der Waals surface area contributed by atoms with Gasteiger partial charge in [-0.15, -0.1) is 0 Å². The van der Waals surface area contributed by atoms with Crippen LogP contribution in [0.3, 0.4) is 0 Å². The second kappa shape index (κ2) is 68.1. The fourth-order valence-corrected chi connectivity index (χ4v) is 9.18. The minimum atomic E-state index is -0.800. The highest BCUT2D eigenvalue weighted by molar-refractivity contribution is 5.71. The molecule has 0 radical (unpaired) electrons. The van der Waals surface area contributed by atoms with Crippen LogP contribution < -0.4 is 0 Å². The predicted molar refractivity (Wildman–Crippen MR) is 353 cm³/mol. The first-order chi connectivity index (χ1) is 40.0. The summed E-state index contributed by atoms with van der Waals surface area (Å²) >= 11 is 0. The van der Waals surface area contributed by atoms with Crippen molar-refractivity contribution in [1.82, 2.24) is 0 Å². The third kappa shape index (κ3) is 66.2. The van der Waals surface area contributed by atoms with Crippen LogP contribution in [0.5, 0.6) is 0 Å². The zero-order chi connectivity index (χ0) is 58.5. The molecule has 1 unspecified atom stereocenters. The first-order valence-electron chi connectivity index (χ1n) is 33.7. The topological polar surface area (TPSA) is 78.9 Å². The Morgan fingerprint density at radius 3 is 0.753 bits per heavy atom. The van der Waals surface area contributed by atoms with Crippen molar-refractivity contribution in [3.05, 3.63) is 134 Å². The summed E-state index contributed by atoms with van der Waals surface area (Å²) in [6.07, 6.45) is 96.0. The van der Waals surface area contributed by atoms with Gasteiger partial charge in [0.25, 0.3) is 0 Å². The zero-order valence-corrected chi connectivity index (χ0v) is 52.8. The number of ether oxygens (including phenoxy) is 3. The fraction of sp³-hybridized carbons (Fsp3) is 0.667. The number of unbranched alkanes of at least 4 members (excludes halogenated alkanes) is 27. The lowest BCUT2D eigenvalue weighted by atomic mass is 10.0. The molecule has 0 aromatic carbocycles. The van der Waals surface area contributed by atoms with Gasteiger partial charge in [-0.25, -0.2) is 0 Å². The van der Waals surface area contributed by atoms with Crippen molar-refractivity contribution in [3.8, 4) is 0 Å². The molecule has 0 fully saturated rings. The summed E-state index contributed by atoms with van der Waals surface area (Å²) in [5.74, 6) is -0.920. The van der Waals surface area contributed by atoms with Crippen molar-refractivity contribution in [2.75, 3.05) is 13.2 Å². The van der Waals surface area contributed by atoms with Crippen LogP contribution in [-0.2, 0) is 28.6 Å². The smallest absolute Gasteiger partial charge is 0.306 e. The Morgan fingerprint density at radius 2 is 0.481 bits per heavy atom. The van der Waals surface area contributed by atoms with E-state index in [-0.39, 0.29) is 31.1 Å². The summed E-state index contributed by atoms with van der Waals surface area (Å²) in [5.41, 5.74) is 0. The Labute approximate surface area is 500 Å². The van der Waals surface area contributed by atoms with Crippen molar-refractivity contribution in [3.63, 3.8) is 0 Å². The summed E-state index contributed by atoms with van der Waals surface area (Å²) in [4.78, 5) is 38.4. The maximum Gasteiger partial charge on any atom is 0.306 e. The Morgan fingerprint density at radius 1 is 0.259 bits per heavy atom. The molecule has 0 aliphatic rings. The Hall–Kier alpha value is -4.45. The first-order valence-corrected chi connectivity index (χ1v) is 33.7. The van der Waals surface area contributed by atoms with E-state index in [1.165, 1.54) is 116 Å². The summed E-state index contributed by atoms with van der Waals surface area (Å²) in [7, 11) is 0. The van der Waals surface area contributed by atoms with E-state index in [0.717, 1.165) is 148 Å². The summed E-state index contributed by atoms with van der Waals surface area (Å²) < 4.78 is 16.9. The van der Waals surface area contributed by atoms with Gasteiger partial charge >= 0.3 is 17.9 Å². The highest BCUT2D eigenvalue weighted by Gasteiger charge is 2.19. The maximum atomic E-state index is 12.9. The minimum Gasteiger partial charge on any atom is -0.462 e. The van der Waals surface area contributed by atoms with Crippen molar-refractivity contribution < 1.29 is 28.6 Å². The molecule has 0 amide bonds. The Kier molecular flexibility index (Phi) is 64.3. The lowest BCUT2D eigenvalue weighted by molar-refractivity contribution is -0.167. The molecular formula is C75H124O6. The van der Waals surface area contributed by atoms with Crippen LogP contribution in [0.25, 0.3) is 0 Å². The number of hydrogen-bond donors (Lipinski definition) is 0. The second-order valence-corrected chi connectivity index (χ2v) is 22.0. The van der Waals surface area contributed by atoms with E-state index >= 15 is 0 Å². The summed E-state index contributed by atoms with van der Waals surface area (Å²) in [6, 6.07) is 0. The lowest BCUT2D eigenvalue weighted by Crippen LogP contribution is -2.30. The average molecular weight is 1120 g/mol. The van der Waals surface area contributed by atoms with Gasteiger partial charge in [0.1, 0.15) is 13.2 Å². The number of esters is 3. The molecule has 0 aromatic heterocycles. The summed E-state index contributed by atoms with van der Waals surface area (Å²) in [5, 5.41) is 0. The summed E-state index contributed by atoms with van der Waals surface area (Å²) in [6.45, 7) is 6.41. The highest BCUT2D eigenvalue weighted by atomic mass is 16.6. The van der Waals surface area contributed by atoms with Gasteiger partial charge < -0.3 is 14.2 Å². The molecule has 0 aromatic rings. The molecule has 0 spiro atoms. The largest absolute Gasteiger partial charge is 0.462 e. The standard InChI is InChI=1S/C75H124O6/c1-4-7-10-13-16-19-22-25-28-31-32-33-34-35-36-37-38-39-40-41-42-45-47-50-53-56-59-62-65-68-74(77)80-71-72(81-75(78)69-66-63-60-57-54-51-48-44-30-27-24-21-18-15-12-9-6-3)70-79-73(76)67-64-61-58-55-52-49-46-43-29-26-23-20-17-14-11-8-5-2/h7,9-10,12,16,18-19,21,25,27-28,30,32-33,35-36,38-39,41-42,48,51,72H,4-6,8,11,13-15,17,20,22-24,26,29,31,34,37,40,43-47,49-50,52-71H2,1-3H3/b10-7-,12-9-,19-16-,21-18-,28-25-,30-27-,33-32-,36-35-,39-38-,42-41-,51-48-. The van der Waals surface area contributed by atoms with Gasteiger partial charge in [-0.1, -0.05) is 302 Å². The van der Waals surface area contributed by atoms with Crippen LogP contribution in [0, 0.1) is 0 Å². The maximum absolute atomic E-state index is 12.9. The Balaban J connectivity index is 4.39. The van der Waals surface area contributed by atoms with E-state index in [9.17, 15) is 14.4 Å². The molecule has 0 aliphatic carbocycles. The van der Waals surface area contributed by atoms with Crippen molar-refractivity contribution >= 4 is 17.9 Å². The van der Waals surface area contributed by atoms with E-state index < -0.39 is 6.10 Å². The second-order valence-electron chi connectivity index (χ2n) is 22.0. The van der Waals surface area contributed by atoms with Crippen LogP contribution in [0.15, 0.2) is 134 Å². The molecule has 81 heavy (non-hydrogen) atoms. The minimum absolute atomic E-state index is 0.0923. The van der Waals surface area contributed by atoms with Gasteiger partial charge in [0.2, 0.25) is 0 Å². The molecule has 0 saturated carbocycles. The molecule has 6 heteroatoms. The average Bonchev–Trinajstić information content (AvgIpc) is 3.47. The molecule has 460 valence electrons. The van der Waals surface area contributed by atoms with E-state index in [1.54, 1.807) is 0 Å². The van der Waals surface area contributed by atoms with Crippen LogP contribution in [0.4, 0.5) is 0 Å². The van der Waals surface area contributed by atoms with Gasteiger partial charge in [0.05, 0.1) is 0 Å². The SMILES string of the molecule is CC/C=C\C/C=C\C/C=C\C/C=C\C/C=C\C/C=C\C/C=C\CCCCCCCCCC(=O)OCC(COC(=O)CCCCCCCCCCCCCCCCCCC)OC(=O)CCCCCC/C=C\C/C=C\C/C=C\C/C=C\CC. The molecule has 0 heterocycles. The zero-order valence-electron chi connectivity index (χ0n) is 52.8. The number of allylic oxidation sites excluding steroid dienone is 22. The van der Waals surface area contributed by atoms with Gasteiger partial charge in [-0.05, 0) is 116 Å². The van der Waals surface area contributed by atoms with Gasteiger partial charge in [0, 0.05) is 19.3 Å². The van der Waals surface area contributed by atoms with Gasteiger partial charge in [-0.2, -0.15) is 0 Å². The van der Waals surface area contributed by atoms with E-state index in [4.69, 9.17) is 14.2 Å². The predicted octanol–water partition coefficient (Wildman–Crippen LogP) is 23.3. The molecule has 0 aliphatic heterocycles. The molecule has 0 rings (SSSR count). The monoisotopic (exact) mass is 1120 g/mol. The van der Waals surface area contributed by atoms with E-state index in [1.807, 2.05) is 0 Å². The fourth-order valence-electron chi connectivity index (χ4n) is 9.18. The Bertz CT molecular complexity index is 1720. The van der Waals surface area contributed by atoms with Crippen molar-refractivity contribution in [1.29, 1.82) is 0 Å². The molecule has 0 saturated heterocycles. The number of carbonyl (C=O) groups excluding carboxylic acids is 3. The molecule has 0 bridgehead atoms. The highest BCUT2D eigenvalue weighted by Crippen LogP contribution is 2.16. The third-order valence-electron chi connectivity index (χ3n) is 14.2. The normalized spacial score (nSPS) is 13.0. The number of hydrogen-bond acceptors (Lipinski definition) is 6. The molecule has 1 atom stereocenters. The molecule has 0 N–H and O–H groups in total. The van der Waals surface area contributed by atoms with Crippen molar-refractivity contribution in [2.45, 2.75) is 309 Å². The van der Waals surface area contributed by atoms with Crippen LogP contribution in [0.2, 0.25) is 0 Å². The molecular weight excluding hydrogens is 997 g/mol. The first kappa shape index (κ1) is 76.5. The van der Waals surface area contributed by atoms with Crippen LogP contribution >= 0.6 is 0 Å². The molecule has 6 nitrogen and oxygen atoms in total. The quantitative estimate of drug-likeness (QED) is 0.0261. The third-order valence-corrected chi connectivity index (χ3v) is 14.2. The number of carbonyl (C=O) groups is 3. The number of rotatable bonds is 60. The van der Waals surface area contributed by atoms with Gasteiger partial charge in [-0.3, -0.25) is 14.4 Å².